The molecule has 1 heteroatoms. The molecule has 1 fully saturated rings. The van der Waals surface area contributed by atoms with Gasteiger partial charge in [0.05, 0.1) is 0 Å². The van der Waals surface area contributed by atoms with Crippen molar-refractivity contribution in [2.75, 3.05) is 5.73 Å². The zero-order valence-electron chi connectivity index (χ0n) is 13.6. The quantitative estimate of drug-likeness (QED) is 0.650. The third-order valence-electron chi connectivity index (χ3n) is 3.83. The minimum absolute atomic E-state index is 0.786. The lowest BCUT2D eigenvalue weighted by atomic mass is 9.78. The molecule has 1 aliphatic carbocycles. The number of rotatable bonds is 2. The van der Waals surface area contributed by atoms with Gasteiger partial charge in [0.25, 0.3) is 0 Å². The van der Waals surface area contributed by atoms with E-state index >= 15 is 0 Å². The second-order valence-corrected chi connectivity index (χ2v) is 4.79. The molecular weight excluding hydrogens is 230 g/mol. The molecular formula is C18H33N. The van der Waals surface area contributed by atoms with Crippen LogP contribution in [0.25, 0.3) is 0 Å². The summed E-state index contributed by atoms with van der Waals surface area (Å²) in [7, 11) is 0. The number of nitrogens with two attached hydrogens (primary N) is 1. The average Bonchev–Trinajstić information content (AvgIpc) is 2.52. The van der Waals surface area contributed by atoms with E-state index in [0.717, 1.165) is 17.5 Å². The minimum Gasteiger partial charge on any atom is -0.399 e. The van der Waals surface area contributed by atoms with E-state index in [1.807, 2.05) is 39.8 Å². The first-order valence-electron chi connectivity index (χ1n) is 8.15. The topological polar surface area (TPSA) is 26.0 Å². The normalized spacial score (nSPS) is 21.5. The highest BCUT2D eigenvalue weighted by molar-refractivity contribution is 5.40. The van der Waals surface area contributed by atoms with Crippen molar-refractivity contribution < 1.29 is 0 Å². The fourth-order valence-electron chi connectivity index (χ4n) is 2.67. The molecule has 1 saturated carbocycles. The van der Waals surface area contributed by atoms with Crippen LogP contribution in [0.4, 0.5) is 5.69 Å². The standard InChI is InChI=1S/C14H21N.2C2H6/c1-2-11-3-5-12(6-4-11)13-7-9-14(15)10-8-13;2*1-2/h7-12H,2-6,15H2,1H3;2*1-2H3. The average molecular weight is 263 g/mol. The first kappa shape index (κ1) is 18.0. The van der Waals surface area contributed by atoms with Crippen LogP contribution in [-0.2, 0) is 0 Å². The molecule has 1 aromatic rings. The maximum atomic E-state index is 5.70. The smallest absolute Gasteiger partial charge is 0.0314 e. The molecule has 0 heterocycles. The second kappa shape index (κ2) is 10.9. The summed E-state index contributed by atoms with van der Waals surface area (Å²) < 4.78 is 0. The van der Waals surface area contributed by atoms with Crippen molar-refractivity contribution in [1.29, 1.82) is 0 Å². The Morgan fingerprint density at radius 1 is 0.895 bits per heavy atom. The van der Waals surface area contributed by atoms with Crippen molar-refractivity contribution in [1.82, 2.24) is 0 Å². The molecule has 1 aliphatic rings. The monoisotopic (exact) mass is 263 g/mol. The summed E-state index contributed by atoms with van der Waals surface area (Å²) in [6.45, 7) is 10.3. The van der Waals surface area contributed by atoms with Gasteiger partial charge in [0.2, 0.25) is 0 Å². The van der Waals surface area contributed by atoms with Gasteiger partial charge < -0.3 is 5.73 Å². The molecule has 0 bridgehead atoms. The van der Waals surface area contributed by atoms with Gasteiger partial charge in [-0.1, -0.05) is 53.2 Å². The summed E-state index contributed by atoms with van der Waals surface area (Å²) in [5.74, 6) is 1.77. The summed E-state index contributed by atoms with van der Waals surface area (Å²) in [6.07, 6.45) is 6.90. The largest absolute Gasteiger partial charge is 0.399 e. The molecule has 1 aromatic carbocycles. The highest BCUT2D eigenvalue weighted by Crippen LogP contribution is 2.36. The Morgan fingerprint density at radius 3 is 1.79 bits per heavy atom. The Labute approximate surface area is 120 Å². The van der Waals surface area contributed by atoms with Crippen molar-refractivity contribution in [2.45, 2.75) is 72.6 Å². The van der Waals surface area contributed by atoms with Gasteiger partial charge in [-0.25, -0.2) is 0 Å². The van der Waals surface area contributed by atoms with E-state index in [0.29, 0.717) is 0 Å². The van der Waals surface area contributed by atoms with E-state index in [2.05, 4.69) is 19.1 Å². The van der Waals surface area contributed by atoms with Crippen LogP contribution in [0.1, 0.15) is 78.2 Å². The van der Waals surface area contributed by atoms with Gasteiger partial charge in [-0.3, -0.25) is 0 Å². The van der Waals surface area contributed by atoms with Crippen LogP contribution in [0.15, 0.2) is 24.3 Å². The predicted octanol–water partition coefficient (Wildman–Crippen LogP) is 6.01. The third-order valence-corrected chi connectivity index (χ3v) is 3.83. The molecule has 0 unspecified atom stereocenters. The van der Waals surface area contributed by atoms with Crippen LogP contribution in [0, 0.1) is 5.92 Å². The molecule has 110 valence electrons. The summed E-state index contributed by atoms with van der Waals surface area (Å²) in [5.41, 5.74) is 8.06. The maximum absolute atomic E-state index is 5.70. The molecule has 0 amide bonds. The fraction of sp³-hybridized carbons (Fsp3) is 0.667. The molecule has 19 heavy (non-hydrogen) atoms. The van der Waals surface area contributed by atoms with Crippen LogP contribution in [0.2, 0.25) is 0 Å². The Morgan fingerprint density at radius 2 is 1.37 bits per heavy atom. The van der Waals surface area contributed by atoms with Gasteiger partial charge in [0.1, 0.15) is 0 Å². The molecule has 0 atom stereocenters. The van der Waals surface area contributed by atoms with Crippen LogP contribution in [0.3, 0.4) is 0 Å². The fourth-order valence-corrected chi connectivity index (χ4v) is 2.67. The molecule has 0 radical (unpaired) electrons. The van der Waals surface area contributed by atoms with Crippen molar-refractivity contribution in [3.8, 4) is 0 Å². The molecule has 0 aromatic heterocycles. The Balaban J connectivity index is 0.000000741. The van der Waals surface area contributed by atoms with Gasteiger partial charge >= 0.3 is 0 Å². The molecule has 0 spiro atoms. The zero-order valence-corrected chi connectivity index (χ0v) is 13.6. The summed E-state index contributed by atoms with van der Waals surface area (Å²) in [5, 5.41) is 0. The van der Waals surface area contributed by atoms with Crippen molar-refractivity contribution in [3.63, 3.8) is 0 Å². The number of nitrogen functional groups attached to an aromatic ring is 1. The van der Waals surface area contributed by atoms with Gasteiger partial charge in [-0.2, -0.15) is 0 Å². The molecule has 0 aliphatic heterocycles. The van der Waals surface area contributed by atoms with Crippen molar-refractivity contribution in [3.05, 3.63) is 29.8 Å². The SMILES string of the molecule is CC.CC.CCC1CCC(c2ccc(N)cc2)CC1. The van der Waals surface area contributed by atoms with Gasteiger partial charge in [-0.15, -0.1) is 0 Å². The third kappa shape index (κ3) is 6.13. The van der Waals surface area contributed by atoms with E-state index in [9.17, 15) is 0 Å². The van der Waals surface area contributed by atoms with Gasteiger partial charge in [0.15, 0.2) is 0 Å². The predicted molar refractivity (Wildman–Crippen MR) is 88.5 cm³/mol. The van der Waals surface area contributed by atoms with E-state index in [-0.39, 0.29) is 0 Å². The zero-order chi connectivity index (χ0) is 14.7. The van der Waals surface area contributed by atoms with E-state index in [1.165, 1.54) is 37.7 Å². The molecule has 0 saturated heterocycles. The van der Waals surface area contributed by atoms with Gasteiger partial charge in [-0.05, 0) is 55.2 Å². The summed E-state index contributed by atoms with van der Waals surface area (Å²) >= 11 is 0. The van der Waals surface area contributed by atoms with Crippen LogP contribution in [0.5, 0.6) is 0 Å². The van der Waals surface area contributed by atoms with E-state index in [4.69, 9.17) is 5.73 Å². The molecule has 2 N–H and O–H groups in total. The summed E-state index contributed by atoms with van der Waals surface area (Å²) in [4.78, 5) is 0. The lowest BCUT2D eigenvalue weighted by Crippen LogP contribution is -2.12. The van der Waals surface area contributed by atoms with Crippen LogP contribution < -0.4 is 5.73 Å². The lowest BCUT2D eigenvalue weighted by Gasteiger charge is -2.28. The van der Waals surface area contributed by atoms with E-state index in [1.54, 1.807) is 0 Å². The Bertz CT molecular complexity index is 294. The number of anilines is 1. The first-order chi connectivity index (χ1) is 9.29. The number of benzene rings is 1. The highest BCUT2D eigenvalue weighted by atomic mass is 14.5. The molecule has 1 nitrogen and oxygen atoms in total. The van der Waals surface area contributed by atoms with Crippen LogP contribution in [-0.4, -0.2) is 0 Å². The first-order valence-corrected chi connectivity index (χ1v) is 8.15. The van der Waals surface area contributed by atoms with Crippen molar-refractivity contribution in [2.24, 2.45) is 5.92 Å². The molecule has 2 rings (SSSR count). The van der Waals surface area contributed by atoms with Gasteiger partial charge in [0, 0.05) is 5.69 Å². The maximum Gasteiger partial charge on any atom is 0.0314 e. The second-order valence-electron chi connectivity index (χ2n) is 4.79. The Kier molecular flexibility index (Phi) is 10.3. The Hall–Kier alpha value is -0.980. The van der Waals surface area contributed by atoms with Crippen LogP contribution >= 0.6 is 0 Å². The summed E-state index contributed by atoms with van der Waals surface area (Å²) in [6, 6.07) is 8.46. The number of hydrogen-bond donors (Lipinski definition) is 1. The highest BCUT2D eigenvalue weighted by Gasteiger charge is 2.20. The number of hydrogen-bond acceptors (Lipinski definition) is 1. The van der Waals surface area contributed by atoms with E-state index < -0.39 is 0 Å². The van der Waals surface area contributed by atoms with Crippen molar-refractivity contribution >= 4 is 5.69 Å². The minimum atomic E-state index is 0.786. The lowest BCUT2D eigenvalue weighted by molar-refractivity contribution is 0.319.